The number of hydrogen-bond acceptors (Lipinski definition) is 3. The molecule has 1 atom stereocenters. The monoisotopic (exact) mass is 442 g/mol. The van der Waals surface area contributed by atoms with Crippen LogP contribution in [0.3, 0.4) is 0 Å². The lowest BCUT2D eigenvalue weighted by atomic mass is 10.00. The van der Waals surface area contributed by atoms with Crippen LogP contribution in [0.2, 0.25) is 5.02 Å². The average Bonchev–Trinajstić information content (AvgIpc) is 2.98. The van der Waals surface area contributed by atoms with E-state index >= 15 is 0 Å². The van der Waals surface area contributed by atoms with E-state index in [1.165, 1.54) is 0 Å². The van der Waals surface area contributed by atoms with Crippen LogP contribution in [-0.4, -0.2) is 34.3 Å². The second-order valence-corrected chi connectivity index (χ2v) is 8.30. The van der Waals surface area contributed by atoms with E-state index in [2.05, 4.69) is 64.6 Å². The Bertz CT molecular complexity index is 1040. The molecule has 2 heterocycles. The first-order chi connectivity index (χ1) is 13.0. The van der Waals surface area contributed by atoms with Crippen LogP contribution in [0.1, 0.15) is 35.6 Å². The van der Waals surface area contributed by atoms with Crippen molar-refractivity contribution in [3.05, 3.63) is 80.8 Å². The third-order valence-electron chi connectivity index (χ3n) is 4.62. The molecule has 0 bridgehead atoms. The maximum absolute atomic E-state index is 6.53. The predicted octanol–water partition coefficient (Wildman–Crippen LogP) is 5.26. The van der Waals surface area contributed by atoms with Crippen LogP contribution < -0.4 is 0 Å². The quantitative estimate of drug-likeness (QED) is 0.553. The number of hydrogen-bond donors (Lipinski definition) is 0. The topological polar surface area (TPSA) is 33.4 Å². The summed E-state index contributed by atoms with van der Waals surface area (Å²) in [6.07, 6.45) is 1.95. The Morgan fingerprint density at radius 3 is 2.67 bits per heavy atom. The van der Waals surface area contributed by atoms with Gasteiger partial charge in [0.15, 0.2) is 0 Å². The van der Waals surface area contributed by atoms with Gasteiger partial charge in [0.25, 0.3) is 0 Å². The van der Waals surface area contributed by atoms with Gasteiger partial charge in [-0.3, -0.25) is 9.56 Å². The smallest absolute Gasteiger partial charge is 0.138 e. The second-order valence-electron chi connectivity index (χ2n) is 6.98. The highest BCUT2D eigenvalue weighted by atomic mass is 79.9. The zero-order valence-corrected chi connectivity index (χ0v) is 17.8. The molecule has 0 saturated carbocycles. The third kappa shape index (κ3) is 3.35. The first-order valence-electron chi connectivity index (χ1n) is 8.80. The van der Waals surface area contributed by atoms with Crippen molar-refractivity contribution in [3.63, 3.8) is 0 Å². The van der Waals surface area contributed by atoms with Gasteiger partial charge in [-0.05, 0) is 45.3 Å². The minimum atomic E-state index is -0.0849. The largest absolute Gasteiger partial charge is 0.304 e. The number of halogens is 2. The third-order valence-corrected chi connectivity index (χ3v) is 5.44. The van der Waals surface area contributed by atoms with E-state index in [0.29, 0.717) is 5.02 Å². The maximum atomic E-state index is 6.53. The van der Waals surface area contributed by atoms with Crippen LogP contribution in [-0.2, 0) is 6.54 Å². The fraction of sp³-hybridized carbons (Fsp3) is 0.238. The Morgan fingerprint density at radius 1 is 1.15 bits per heavy atom. The molecule has 6 heteroatoms. The van der Waals surface area contributed by atoms with E-state index < -0.39 is 0 Å². The molecule has 1 unspecified atom stereocenters. The van der Waals surface area contributed by atoms with Crippen molar-refractivity contribution < 1.29 is 0 Å². The van der Waals surface area contributed by atoms with E-state index in [-0.39, 0.29) is 6.04 Å². The molecule has 1 aliphatic heterocycles. The molecular formula is C21H20BrClN4. The molecule has 0 aliphatic carbocycles. The summed E-state index contributed by atoms with van der Waals surface area (Å²) in [6.45, 7) is 2.88. The lowest BCUT2D eigenvalue weighted by Gasteiger charge is -2.17. The Morgan fingerprint density at radius 2 is 1.93 bits per heavy atom. The van der Waals surface area contributed by atoms with Crippen molar-refractivity contribution in [2.45, 2.75) is 19.5 Å². The van der Waals surface area contributed by atoms with Crippen molar-refractivity contribution >= 4 is 33.2 Å². The van der Waals surface area contributed by atoms with Crippen molar-refractivity contribution in [2.24, 2.45) is 4.99 Å². The normalized spacial score (nSPS) is 15.9. The molecule has 27 heavy (non-hydrogen) atoms. The Balaban J connectivity index is 2.00. The van der Waals surface area contributed by atoms with Gasteiger partial charge in [0.05, 0.1) is 23.3 Å². The van der Waals surface area contributed by atoms with Crippen molar-refractivity contribution in [3.8, 4) is 5.69 Å². The zero-order valence-electron chi connectivity index (χ0n) is 15.4. The van der Waals surface area contributed by atoms with E-state index in [9.17, 15) is 0 Å². The molecule has 1 aromatic heterocycles. The van der Waals surface area contributed by atoms with Gasteiger partial charge in [-0.2, -0.15) is 0 Å². The van der Waals surface area contributed by atoms with E-state index in [1.54, 1.807) is 0 Å². The maximum Gasteiger partial charge on any atom is 0.138 e. The number of nitrogens with zero attached hydrogens (tertiary/aromatic N) is 4. The second kappa shape index (κ2) is 7.23. The minimum absolute atomic E-state index is 0.0849. The highest BCUT2D eigenvalue weighted by Gasteiger charge is 2.26. The number of benzene rings is 2. The summed E-state index contributed by atoms with van der Waals surface area (Å²) >= 11 is 10.1. The van der Waals surface area contributed by atoms with Gasteiger partial charge in [-0.25, -0.2) is 4.98 Å². The lowest BCUT2D eigenvalue weighted by Crippen LogP contribution is -2.16. The number of rotatable bonds is 3. The Hall–Kier alpha value is -1.95. The summed E-state index contributed by atoms with van der Waals surface area (Å²) in [6, 6.07) is 14.1. The number of fused-ring (bicyclic) bond motifs is 3. The highest BCUT2D eigenvalue weighted by molar-refractivity contribution is 9.10. The van der Waals surface area contributed by atoms with Crippen LogP contribution in [0.4, 0.5) is 0 Å². The van der Waals surface area contributed by atoms with Gasteiger partial charge in [0.1, 0.15) is 11.9 Å². The summed E-state index contributed by atoms with van der Waals surface area (Å²) in [5.74, 6) is 0.942. The molecule has 2 aromatic carbocycles. The fourth-order valence-corrected chi connectivity index (χ4v) is 4.08. The Kier molecular flexibility index (Phi) is 4.93. The molecule has 1 aliphatic rings. The summed E-state index contributed by atoms with van der Waals surface area (Å²) in [5, 5.41) is 0.697. The van der Waals surface area contributed by atoms with Crippen LogP contribution in [0.5, 0.6) is 0 Å². The predicted molar refractivity (Wildman–Crippen MR) is 114 cm³/mol. The summed E-state index contributed by atoms with van der Waals surface area (Å²) in [7, 11) is 4.13. The molecular weight excluding hydrogens is 424 g/mol. The van der Waals surface area contributed by atoms with Crippen molar-refractivity contribution in [2.75, 3.05) is 14.1 Å². The molecule has 3 aromatic rings. The standard InChI is InChI=1S/C21H20BrClN4/c1-13-21-24-11-15(12-26(2)3)27(21)19-9-8-14(22)10-17(19)20(25-13)16-6-4-5-7-18(16)23/h4-11,13H,12H2,1-3H3. The molecule has 0 spiro atoms. The molecule has 138 valence electrons. The number of aliphatic imine (C=N–C) groups is 1. The molecule has 4 rings (SSSR count). The SMILES string of the molecule is CC1N=C(c2ccccc2Cl)c2cc(Br)ccc2-n2c(CN(C)C)cnc21. The van der Waals surface area contributed by atoms with Gasteiger partial charge >= 0.3 is 0 Å². The lowest BCUT2D eigenvalue weighted by molar-refractivity contribution is 0.393. The van der Waals surface area contributed by atoms with E-state index in [1.807, 2.05) is 30.5 Å². The Labute approximate surface area is 172 Å². The number of imidazole rings is 1. The highest BCUT2D eigenvalue weighted by Crippen LogP contribution is 2.34. The van der Waals surface area contributed by atoms with Crippen molar-refractivity contribution in [1.82, 2.24) is 14.5 Å². The molecule has 0 N–H and O–H groups in total. The first kappa shape index (κ1) is 18.4. The summed E-state index contributed by atoms with van der Waals surface area (Å²) in [4.78, 5) is 11.9. The van der Waals surface area contributed by atoms with Crippen molar-refractivity contribution in [1.29, 1.82) is 0 Å². The molecule has 0 fully saturated rings. The van der Waals surface area contributed by atoms with Crippen LogP contribution >= 0.6 is 27.5 Å². The molecule has 0 saturated heterocycles. The van der Waals surface area contributed by atoms with Crippen LogP contribution in [0.15, 0.2) is 58.1 Å². The number of aromatic nitrogens is 2. The van der Waals surface area contributed by atoms with Crippen LogP contribution in [0, 0.1) is 0 Å². The molecule has 4 nitrogen and oxygen atoms in total. The van der Waals surface area contributed by atoms with Gasteiger partial charge in [-0.15, -0.1) is 0 Å². The summed E-state index contributed by atoms with van der Waals surface area (Å²) in [5.41, 5.74) is 5.09. The van der Waals surface area contributed by atoms with Crippen LogP contribution in [0.25, 0.3) is 5.69 Å². The van der Waals surface area contributed by atoms with Gasteiger partial charge in [0.2, 0.25) is 0 Å². The van der Waals surface area contributed by atoms with Gasteiger partial charge < -0.3 is 4.90 Å². The molecule has 0 amide bonds. The average molecular weight is 444 g/mol. The van der Waals surface area contributed by atoms with E-state index in [0.717, 1.165) is 45.1 Å². The van der Waals surface area contributed by atoms with Gasteiger partial charge in [0, 0.05) is 27.2 Å². The van der Waals surface area contributed by atoms with E-state index in [4.69, 9.17) is 21.6 Å². The first-order valence-corrected chi connectivity index (χ1v) is 9.97. The zero-order chi connectivity index (χ0) is 19.1. The van der Waals surface area contributed by atoms with Gasteiger partial charge in [-0.1, -0.05) is 45.7 Å². The molecule has 0 radical (unpaired) electrons. The minimum Gasteiger partial charge on any atom is -0.304 e. The summed E-state index contributed by atoms with van der Waals surface area (Å²) < 4.78 is 3.24. The fourth-order valence-electron chi connectivity index (χ4n) is 3.49.